The van der Waals surface area contributed by atoms with Gasteiger partial charge in [0, 0.05) is 25.2 Å². The van der Waals surface area contributed by atoms with Crippen LogP contribution in [0.25, 0.3) is 10.3 Å². The second kappa shape index (κ2) is 6.16. The molecule has 4 rings (SSSR count). The molecule has 5 nitrogen and oxygen atoms in total. The fourth-order valence-electron chi connectivity index (χ4n) is 2.74. The fraction of sp³-hybridized carbons (Fsp3) is 0.235. The number of hydrogen-bond acceptors (Lipinski definition) is 5. The molecular formula is C17H14FN3O2S. The van der Waals surface area contributed by atoms with Crippen molar-refractivity contribution in [3.8, 4) is 5.75 Å². The molecule has 122 valence electrons. The number of aromatic nitrogens is 2. The maximum absolute atomic E-state index is 13.2. The number of pyridine rings is 1. The molecule has 2 aromatic heterocycles. The molecule has 7 heteroatoms. The van der Waals surface area contributed by atoms with Gasteiger partial charge in [-0.25, -0.2) is 14.4 Å². The van der Waals surface area contributed by atoms with Gasteiger partial charge < -0.3 is 9.64 Å². The van der Waals surface area contributed by atoms with Crippen molar-refractivity contribution in [3.63, 3.8) is 0 Å². The van der Waals surface area contributed by atoms with Crippen molar-refractivity contribution in [1.82, 2.24) is 14.9 Å². The lowest BCUT2D eigenvalue weighted by atomic mass is 10.3. The van der Waals surface area contributed by atoms with Gasteiger partial charge in [-0.3, -0.25) is 4.79 Å². The predicted octanol–water partition coefficient (Wildman–Crippen LogP) is 3.12. The van der Waals surface area contributed by atoms with Gasteiger partial charge in [-0.05, 0) is 24.3 Å². The number of ether oxygens (including phenoxy) is 1. The van der Waals surface area contributed by atoms with Crippen LogP contribution in [0.2, 0.25) is 0 Å². The molecule has 0 radical (unpaired) electrons. The average molecular weight is 343 g/mol. The molecule has 3 aromatic rings. The zero-order valence-corrected chi connectivity index (χ0v) is 13.5. The third-order valence-electron chi connectivity index (χ3n) is 3.88. The molecule has 3 heterocycles. The third kappa shape index (κ3) is 2.94. The summed E-state index contributed by atoms with van der Waals surface area (Å²) in [5.41, 5.74) is 0.734. The zero-order valence-electron chi connectivity index (χ0n) is 12.7. The van der Waals surface area contributed by atoms with Crippen molar-refractivity contribution in [1.29, 1.82) is 0 Å². The van der Waals surface area contributed by atoms with Crippen molar-refractivity contribution >= 4 is 27.6 Å². The number of thiazole rings is 1. The van der Waals surface area contributed by atoms with E-state index in [0.29, 0.717) is 30.3 Å². The number of amides is 1. The van der Waals surface area contributed by atoms with Crippen molar-refractivity contribution in [2.75, 3.05) is 13.1 Å². The third-order valence-corrected chi connectivity index (χ3v) is 4.85. The molecule has 1 aromatic carbocycles. The number of rotatable bonds is 3. The van der Waals surface area contributed by atoms with Gasteiger partial charge in [-0.2, -0.15) is 0 Å². The first-order chi connectivity index (χ1) is 11.7. The predicted molar refractivity (Wildman–Crippen MR) is 88.8 cm³/mol. The van der Waals surface area contributed by atoms with Crippen LogP contribution in [0.5, 0.6) is 5.75 Å². The van der Waals surface area contributed by atoms with Crippen LogP contribution in [0.1, 0.15) is 16.2 Å². The summed E-state index contributed by atoms with van der Waals surface area (Å²) >= 11 is 1.30. The summed E-state index contributed by atoms with van der Waals surface area (Å²) in [5.74, 6) is 0.0437. The fourth-order valence-corrected chi connectivity index (χ4v) is 3.61. The summed E-state index contributed by atoms with van der Waals surface area (Å²) in [7, 11) is 0. The molecule has 1 atom stereocenters. The molecule has 1 aliphatic heterocycles. The van der Waals surface area contributed by atoms with Gasteiger partial charge in [0.2, 0.25) is 0 Å². The van der Waals surface area contributed by atoms with E-state index in [1.165, 1.54) is 23.5 Å². The summed E-state index contributed by atoms with van der Waals surface area (Å²) in [6, 6.07) is 9.69. The Kier molecular flexibility index (Phi) is 3.86. The van der Waals surface area contributed by atoms with Crippen LogP contribution in [0.15, 0.2) is 42.6 Å². The molecule has 0 aliphatic carbocycles. The summed E-state index contributed by atoms with van der Waals surface area (Å²) in [4.78, 5) is 23.6. The highest BCUT2D eigenvalue weighted by Gasteiger charge is 2.30. The second-order valence-electron chi connectivity index (χ2n) is 5.58. The normalized spacial score (nSPS) is 17.4. The largest absolute Gasteiger partial charge is 0.488 e. The van der Waals surface area contributed by atoms with E-state index in [2.05, 4.69) is 9.97 Å². The molecule has 1 amide bonds. The number of hydrogen-bond donors (Lipinski definition) is 0. The van der Waals surface area contributed by atoms with E-state index in [4.69, 9.17) is 4.74 Å². The van der Waals surface area contributed by atoms with Gasteiger partial charge in [0.05, 0.1) is 6.54 Å². The molecule has 0 spiro atoms. The molecule has 0 saturated carbocycles. The van der Waals surface area contributed by atoms with Gasteiger partial charge in [-0.1, -0.05) is 17.4 Å². The minimum absolute atomic E-state index is 0.108. The molecular weight excluding hydrogens is 329 g/mol. The van der Waals surface area contributed by atoms with Gasteiger partial charge >= 0.3 is 0 Å². The van der Waals surface area contributed by atoms with E-state index < -0.39 is 0 Å². The smallest absolute Gasteiger partial charge is 0.283 e. The highest BCUT2D eigenvalue weighted by Crippen LogP contribution is 2.24. The Balaban J connectivity index is 1.45. The first-order valence-corrected chi connectivity index (χ1v) is 8.44. The molecule has 1 aliphatic rings. The monoisotopic (exact) mass is 343 g/mol. The Morgan fingerprint density at radius 1 is 1.33 bits per heavy atom. The van der Waals surface area contributed by atoms with Crippen molar-refractivity contribution in [2.45, 2.75) is 12.5 Å². The zero-order chi connectivity index (χ0) is 16.5. The Morgan fingerprint density at radius 3 is 3.08 bits per heavy atom. The van der Waals surface area contributed by atoms with Crippen LogP contribution in [0.3, 0.4) is 0 Å². The van der Waals surface area contributed by atoms with Crippen molar-refractivity contribution in [2.24, 2.45) is 0 Å². The lowest BCUT2D eigenvalue weighted by Gasteiger charge is -2.16. The Hall–Kier alpha value is -2.54. The minimum atomic E-state index is -0.333. The van der Waals surface area contributed by atoms with Gasteiger partial charge in [0.15, 0.2) is 5.01 Å². The van der Waals surface area contributed by atoms with E-state index in [9.17, 15) is 9.18 Å². The highest BCUT2D eigenvalue weighted by atomic mass is 32.1. The lowest BCUT2D eigenvalue weighted by Crippen LogP contribution is -2.30. The first-order valence-electron chi connectivity index (χ1n) is 7.62. The van der Waals surface area contributed by atoms with Gasteiger partial charge in [0.1, 0.15) is 28.0 Å². The van der Waals surface area contributed by atoms with Gasteiger partial charge in [-0.15, -0.1) is 0 Å². The quantitative estimate of drug-likeness (QED) is 0.733. The van der Waals surface area contributed by atoms with Crippen LogP contribution in [-0.2, 0) is 0 Å². The molecule has 0 N–H and O–H groups in total. The van der Waals surface area contributed by atoms with E-state index in [1.54, 1.807) is 29.3 Å². The van der Waals surface area contributed by atoms with Crippen LogP contribution in [-0.4, -0.2) is 40.0 Å². The van der Waals surface area contributed by atoms with E-state index in [0.717, 1.165) is 10.3 Å². The van der Waals surface area contributed by atoms with E-state index in [-0.39, 0.29) is 17.8 Å². The number of halogens is 1. The molecule has 1 fully saturated rings. The Labute approximate surface area is 141 Å². The molecule has 24 heavy (non-hydrogen) atoms. The van der Waals surface area contributed by atoms with Crippen LogP contribution in [0, 0.1) is 5.82 Å². The summed E-state index contributed by atoms with van der Waals surface area (Å²) in [6.07, 6.45) is 2.27. The Bertz CT molecular complexity index is 865. The van der Waals surface area contributed by atoms with Crippen LogP contribution in [0.4, 0.5) is 4.39 Å². The second-order valence-corrected chi connectivity index (χ2v) is 6.56. The van der Waals surface area contributed by atoms with Crippen LogP contribution < -0.4 is 4.74 Å². The summed E-state index contributed by atoms with van der Waals surface area (Å²) in [6.45, 7) is 1.07. The summed E-state index contributed by atoms with van der Waals surface area (Å²) < 4.78 is 19.0. The van der Waals surface area contributed by atoms with Crippen molar-refractivity contribution < 1.29 is 13.9 Å². The number of likely N-dealkylation sites (tertiary alicyclic amines) is 1. The standard InChI is InChI=1S/C17H14FN3O2S/c18-11-3-1-4-12(9-11)23-13-6-8-21(10-13)17(22)16-20-14-5-2-7-19-15(14)24-16/h1-5,7,9,13H,6,8,10H2/t13-/m1/s1. The van der Waals surface area contributed by atoms with E-state index in [1.807, 2.05) is 6.07 Å². The number of carbonyl (C=O) groups is 1. The maximum atomic E-state index is 13.2. The Morgan fingerprint density at radius 2 is 2.25 bits per heavy atom. The first kappa shape index (κ1) is 15.0. The lowest BCUT2D eigenvalue weighted by molar-refractivity contribution is 0.0772. The molecule has 0 bridgehead atoms. The number of carbonyl (C=O) groups excluding carboxylic acids is 1. The summed E-state index contributed by atoms with van der Waals surface area (Å²) in [5, 5.41) is 0.440. The minimum Gasteiger partial charge on any atom is -0.488 e. The van der Waals surface area contributed by atoms with Gasteiger partial charge in [0.25, 0.3) is 5.91 Å². The number of fused-ring (bicyclic) bond motifs is 1. The molecule has 0 unspecified atom stereocenters. The van der Waals surface area contributed by atoms with Crippen LogP contribution >= 0.6 is 11.3 Å². The topological polar surface area (TPSA) is 55.3 Å². The number of benzene rings is 1. The SMILES string of the molecule is O=C(c1nc2cccnc2s1)N1CC[C@@H](Oc2cccc(F)c2)C1. The highest BCUT2D eigenvalue weighted by molar-refractivity contribution is 7.19. The molecule has 1 saturated heterocycles. The average Bonchev–Trinajstić information content (AvgIpc) is 3.20. The maximum Gasteiger partial charge on any atom is 0.283 e. The van der Waals surface area contributed by atoms with E-state index >= 15 is 0 Å². The number of nitrogens with zero attached hydrogens (tertiary/aromatic N) is 3. The van der Waals surface area contributed by atoms with Crippen molar-refractivity contribution in [3.05, 3.63) is 53.4 Å².